The van der Waals surface area contributed by atoms with Gasteiger partial charge in [0.15, 0.2) is 0 Å². The predicted octanol–water partition coefficient (Wildman–Crippen LogP) is 1.11. The topological polar surface area (TPSA) is 64.2 Å². The first-order valence-corrected chi connectivity index (χ1v) is 6.24. The van der Waals surface area contributed by atoms with Gasteiger partial charge in [0.2, 0.25) is 5.91 Å². The molecule has 0 aliphatic carbocycles. The average Bonchev–Trinajstić information content (AvgIpc) is 2.75. The van der Waals surface area contributed by atoms with Gasteiger partial charge in [-0.2, -0.15) is 5.10 Å². The molecule has 0 spiro atoms. The van der Waals surface area contributed by atoms with Crippen LogP contribution in [0, 0.1) is 5.92 Å². The van der Waals surface area contributed by atoms with Gasteiger partial charge in [0.05, 0.1) is 11.9 Å². The van der Waals surface area contributed by atoms with Crippen LogP contribution in [0.15, 0.2) is 12.4 Å². The van der Waals surface area contributed by atoms with E-state index in [-0.39, 0.29) is 5.91 Å². The Morgan fingerprint density at radius 1 is 1.53 bits per heavy atom. The van der Waals surface area contributed by atoms with Crippen LogP contribution in [-0.4, -0.2) is 33.7 Å². The van der Waals surface area contributed by atoms with Gasteiger partial charge < -0.3 is 10.6 Å². The van der Waals surface area contributed by atoms with Crippen molar-refractivity contribution in [1.29, 1.82) is 0 Å². The Morgan fingerprint density at radius 2 is 2.24 bits per heavy atom. The summed E-state index contributed by atoms with van der Waals surface area (Å²) in [6.07, 6.45) is 6.73. The average molecular weight is 236 g/mol. The number of likely N-dealkylation sites (tertiary alicyclic amines) is 1. The molecule has 5 heteroatoms. The van der Waals surface area contributed by atoms with Crippen LogP contribution in [0.5, 0.6) is 0 Å². The van der Waals surface area contributed by atoms with Gasteiger partial charge in [0.1, 0.15) is 6.54 Å². The first-order chi connectivity index (χ1) is 8.19. The maximum Gasteiger partial charge on any atom is 0.244 e. The van der Waals surface area contributed by atoms with Crippen LogP contribution in [-0.2, 0) is 11.3 Å². The number of carbonyl (C=O) groups is 1. The van der Waals surface area contributed by atoms with Crippen molar-refractivity contribution in [2.45, 2.75) is 32.7 Å². The SMILES string of the molecule is CCC1CCN(C(=O)Cn2cc(N)cn2)CC1. The number of hydrogen-bond acceptors (Lipinski definition) is 3. The smallest absolute Gasteiger partial charge is 0.244 e. The number of amides is 1. The first kappa shape index (κ1) is 12.0. The van der Waals surface area contributed by atoms with E-state index in [1.54, 1.807) is 17.1 Å². The van der Waals surface area contributed by atoms with Crippen molar-refractivity contribution in [3.8, 4) is 0 Å². The summed E-state index contributed by atoms with van der Waals surface area (Å²) in [5, 5.41) is 4.03. The Hall–Kier alpha value is -1.52. The molecule has 2 rings (SSSR count). The Bertz CT molecular complexity index is 380. The van der Waals surface area contributed by atoms with E-state index in [2.05, 4.69) is 12.0 Å². The lowest BCUT2D eigenvalue weighted by Gasteiger charge is -2.31. The van der Waals surface area contributed by atoms with E-state index in [0.29, 0.717) is 12.2 Å². The Labute approximate surface area is 102 Å². The molecular weight excluding hydrogens is 216 g/mol. The van der Waals surface area contributed by atoms with E-state index >= 15 is 0 Å². The van der Waals surface area contributed by atoms with Gasteiger partial charge in [-0.15, -0.1) is 0 Å². The summed E-state index contributed by atoms with van der Waals surface area (Å²) in [7, 11) is 0. The zero-order chi connectivity index (χ0) is 12.3. The highest BCUT2D eigenvalue weighted by atomic mass is 16.2. The van der Waals surface area contributed by atoms with E-state index in [0.717, 1.165) is 31.8 Å². The Kier molecular flexibility index (Phi) is 3.66. The summed E-state index contributed by atoms with van der Waals surface area (Å²) in [5.41, 5.74) is 6.16. The lowest BCUT2D eigenvalue weighted by Crippen LogP contribution is -2.40. The molecule has 5 nitrogen and oxygen atoms in total. The van der Waals surface area contributed by atoms with Crippen molar-refractivity contribution in [2.75, 3.05) is 18.8 Å². The summed E-state index contributed by atoms with van der Waals surface area (Å²) in [6, 6.07) is 0. The van der Waals surface area contributed by atoms with Crippen LogP contribution in [0.25, 0.3) is 0 Å². The zero-order valence-electron chi connectivity index (χ0n) is 10.3. The molecule has 2 heterocycles. The van der Waals surface area contributed by atoms with Crippen LogP contribution in [0.4, 0.5) is 5.69 Å². The number of anilines is 1. The molecule has 1 aromatic heterocycles. The van der Waals surface area contributed by atoms with Crippen LogP contribution in [0.2, 0.25) is 0 Å². The lowest BCUT2D eigenvalue weighted by molar-refractivity contribution is -0.133. The van der Waals surface area contributed by atoms with Crippen LogP contribution in [0.1, 0.15) is 26.2 Å². The Morgan fingerprint density at radius 3 is 2.76 bits per heavy atom. The minimum Gasteiger partial charge on any atom is -0.396 e. The second kappa shape index (κ2) is 5.21. The maximum absolute atomic E-state index is 12.0. The molecule has 94 valence electrons. The van der Waals surface area contributed by atoms with Gasteiger partial charge in [-0.3, -0.25) is 9.48 Å². The number of nitrogen functional groups attached to an aromatic ring is 1. The van der Waals surface area contributed by atoms with Gasteiger partial charge in [-0.05, 0) is 18.8 Å². The van der Waals surface area contributed by atoms with Crippen molar-refractivity contribution < 1.29 is 4.79 Å². The first-order valence-electron chi connectivity index (χ1n) is 6.24. The molecule has 0 radical (unpaired) electrons. The number of rotatable bonds is 3. The van der Waals surface area contributed by atoms with Crippen molar-refractivity contribution in [1.82, 2.24) is 14.7 Å². The van der Waals surface area contributed by atoms with Crippen LogP contribution >= 0.6 is 0 Å². The number of nitrogens with zero attached hydrogens (tertiary/aromatic N) is 3. The van der Waals surface area contributed by atoms with Crippen molar-refractivity contribution in [3.63, 3.8) is 0 Å². The number of nitrogens with two attached hydrogens (primary N) is 1. The molecule has 0 bridgehead atoms. The summed E-state index contributed by atoms with van der Waals surface area (Å²) in [5.74, 6) is 0.932. The fourth-order valence-electron chi connectivity index (χ4n) is 2.30. The third-order valence-electron chi connectivity index (χ3n) is 3.50. The van der Waals surface area contributed by atoms with E-state index in [4.69, 9.17) is 5.73 Å². The van der Waals surface area contributed by atoms with Gasteiger partial charge in [-0.25, -0.2) is 0 Å². The monoisotopic (exact) mass is 236 g/mol. The summed E-state index contributed by atoms with van der Waals surface area (Å²) >= 11 is 0. The van der Waals surface area contributed by atoms with Crippen LogP contribution < -0.4 is 5.73 Å². The minimum atomic E-state index is 0.141. The molecule has 1 saturated heterocycles. The quantitative estimate of drug-likeness (QED) is 0.855. The lowest BCUT2D eigenvalue weighted by atomic mass is 9.94. The number of aromatic nitrogens is 2. The highest BCUT2D eigenvalue weighted by Crippen LogP contribution is 2.20. The number of piperidine rings is 1. The molecule has 0 aromatic carbocycles. The van der Waals surface area contributed by atoms with Crippen molar-refractivity contribution in [3.05, 3.63) is 12.4 Å². The normalized spacial score (nSPS) is 17.4. The minimum absolute atomic E-state index is 0.141. The zero-order valence-corrected chi connectivity index (χ0v) is 10.3. The fraction of sp³-hybridized carbons (Fsp3) is 0.667. The second-order valence-electron chi connectivity index (χ2n) is 4.70. The highest BCUT2D eigenvalue weighted by Gasteiger charge is 2.21. The van der Waals surface area contributed by atoms with Crippen molar-refractivity contribution >= 4 is 11.6 Å². The predicted molar refractivity (Wildman–Crippen MR) is 66.2 cm³/mol. The third-order valence-corrected chi connectivity index (χ3v) is 3.50. The van der Waals surface area contributed by atoms with Gasteiger partial charge in [0.25, 0.3) is 0 Å². The van der Waals surface area contributed by atoms with E-state index in [1.807, 2.05) is 4.90 Å². The molecule has 0 atom stereocenters. The second-order valence-corrected chi connectivity index (χ2v) is 4.70. The molecule has 17 heavy (non-hydrogen) atoms. The third kappa shape index (κ3) is 2.99. The van der Waals surface area contributed by atoms with Gasteiger partial charge in [-0.1, -0.05) is 13.3 Å². The molecule has 1 aromatic rings. The molecule has 1 aliphatic heterocycles. The largest absolute Gasteiger partial charge is 0.396 e. The highest BCUT2D eigenvalue weighted by molar-refractivity contribution is 5.76. The standard InChI is InChI=1S/C12H20N4O/c1-2-10-3-5-15(6-4-10)12(17)9-16-8-11(13)7-14-16/h7-8,10H,2-6,9,13H2,1H3. The maximum atomic E-state index is 12.0. The summed E-state index contributed by atoms with van der Waals surface area (Å²) in [4.78, 5) is 13.9. The van der Waals surface area contributed by atoms with Gasteiger partial charge in [0, 0.05) is 19.3 Å². The van der Waals surface area contributed by atoms with Crippen LogP contribution in [0.3, 0.4) is 0 Å². The van der Waals surface area contributed by atoms with Gasteiger partial charge >= 0.3 is 0 Å². The number of hydrogen-bond donors (Lipinski definition) is 1. The van der Waals surface area contributed by atoms with E-state index in [1.165, 1.54) is 6.42 Å². The summed E-state index contributed by atoms with van der Waals surface area (Å²) < 4.78 is 1.60. The van der Waals surface area contributed by atoms with E-state index in [9.17, 15) is 4.79 Å². The molecular formula is C12H20N4O. The molecule has 1 amide bonds. The van der Waals surface area contributed by atoms with Crippen molar-refractivity contribution in [2.24, 2.45) is 5.92 Å². The Balaban J connectivity index is 1.85. The molecule has 2 N–H and O–H groups in total. The number of carbonyl (C=O) groups excluding carboxylic acids is 1. The molecule has 1 aliphatic rings. The molecule has 0 saturated carbocycles. The molecule has 1 fully saturated rings. The molecule has 0 unspecified atom stereocenters. The van der Waals surface area contributed by atoms with E-state index < -0.39 is 0 Å². The fourth-order valence-corrected chi connectivity index (χ4v) is 2.30. The summed E-state index contributed by atoms with van der Waals surface area (Å²) in [6.45, 7) is 4.28.